The number of hydrogen-bond donors (Lipinski definition) is 2. The van der Waals surface area contributed by atoms with Crippen LogP contribution in [0.15, 0.2) is 12.1 Å². The molecule has 126 valence electrons. The predicted molar refractivity (Wildman–Crippen MR) is 90.8 cm³/mol. The van der Waals surface area contributed by atoms with Gasteiger partial charge in [0.15, 0.2) is 0 Å². The third kappa shape index (κ3) is 2.24. The van der Waals surface area contributed by atoms with Gasteiger partial charge in [-0.05, 0) is 59.3 Å². The number of hydrogen-bond acceptors (Lipinski definition) is 3. The Morgan fingerprint density at radius 3 is 2.57 bits per heavy atom. The Labute approximate surface area is 138 Å². The van der Waals surface area contributed by atoms with Crippen molar-refractivity contribution in [3.63, 3.8) is 0 Å². The first-order chi connectivity index (χ1) is 10.7. The fourth-order valence-electron chi connectivity index (χ4n) is 5.04. The van der Waals surface area contributed by atoms with E-state index in [0.717, 1.165) is 24.8 Å². The molecular weight excluding hydrogens is 288 g/mol. The van der Waals surface area contributed by atoms with Crippen LogP contribution in [-0.4, -0.2) is 22.6 Å². The van der Waals surface area contributed by atoms with Crippen LogP contribution in [0.25, 0.3) is 0 Å². The summed E-state index contributed by atoms with van der Waals surface area (Å²) >= 11 is 0. The molecule has 3 unspecified atom stereocenters. The number of phenolic OH excluding ortho intramolecular Hbond substituents is 1. The maximum absolute atomic E-state index is 12.5. The summed E-state index contributed by atoms with van der Waals surface area (Å²) in [6.07, 6.45) is 3.16. The van der Waals surface area contributed by atoms with Crippen molar-refractivity contribution in [1.29, 1.82) is 0 Å². The van der Waals surface area contributed by atoms with Gasteiger partial charge in [0.1, 0.15) is 11.5 Å². The number of aromatic hydroxyl groups is 1. The molecule has 0 aromatic heterocycles. The van der Waals surface area contributed by atoms with Gasteiger partial charge in [0.2, 0.25) is 0 Å². The van der Waals surface area contributed by atoms with Gasteiger partial charge in [-0.15, -0.1) is 0 Å². The zero-order valence-electron chi connectivity index (χ0n) is 14.6. The van der Waals surface area contributed by atoms with Crippen LogP contribution < -0.4 is 0 Å². The maximum atomic E-state index is 12.5. The van der Waals surface area contributed by atoms with Gasteiger partial charge >= 0.3 is 0 Å². The summed E-state index contributed by atoms with van der Waals surface area (Å²) in [4.78, 5) is 12.5. The fourth-order valence-corrected chi connectivity index (χ4v) is 5.04. The number of aryl methyl sites for hydroxylation is 1. The van der Waals surface area contributed by atoms with Crippen molar-refractivity contribution in [2.24, 2.45) is 11.3 Å². The van der Waals surface area contributed by atoms with E-state index in [0.29, 0.717) is 18.1 Å². The molecule has 1 aromatic carbocycles. The van der Waals surface area contributed by atoms with Crippen LogP contribution in [0.5, 0.6) is 5.75 Å². The van der Waals surface area contributed by atoms with E-state index in [-0.39, 0.29) is 23.7 Å². The van der Waals surface area contributed by atoms with E-state index in [1.807, 2.05) is 13.0 Å². The van der Waals surface area contributed by atoms with Crippen LogP contribution in [0.2, 0.25) is 0 Å². The number of rotatable bonds is 2. The largest absolute Gasteiger partial charge is 0.508 e. The van der Waals surface area contributed by atoms with Crippen molar-refractivity contribution in [3.8, 4) is 5.75 Å². The van der Waals surface area contributed by atoms with Crippen molar-refractivity contribution < 1.29 is 15.0 Å². The zero-order valence-corrected chi connectivity index (χ0v) is 14.6. The van der Waals surface area contributed by atoms with Crippen LogP contribution in [-0.2, 0) is 16.6 Å². The van der Waals surface area contributed by atoms with Gasteiger partial charge in [-0.1, -0.05) is 33.8 Å². The second-order valence-electron chi connectivity index (χ2n) is 8.23. The number of benzene rings is 1. The highest BCUT2D eigenvalue weighted by atomic mass is 16.3. The van der Waals surface area contributed by atoms with Gasteiger partial charge in [-0.25, -0.2) is 0 Å². The van der Waals surface area contributed by atoms with Gasteiger partial charge in [0, 0.05) is 6.42 Å². The molecule has 3 rings (SSSR count). The summed E-state index contributed by atoms with van der Waals surface area (Å²) in [5.41, 5.74) is 2.69. The average Bonchev–Trinajstić information content (AvgIpc) is 2.51. The molecule has 0 spiro atoms. The van der Waals surface area contributed by atoms with Gasteiger partial charge < -0.3 is 10.2 Å². The third-order valence-corrected chi connectivity index (χ3v) is 6.57. The number of carbonyl (C=O) groups is 1. The second kappa shape index (κ2) is 5.34. The summed E-state index contributed by atoms with van der Waals surface area (Å²) in [5, 5.41) is 20.4. The normalized spacial score (nSPS) is 33.5. The van der Waals surface area contributed by atoms with E-state index >= 15 is 0 Å². The molecule has 1 saturated carbocycles. The lowest BCUT2D eigenvalue weighted by Crippen LogP contribution is -2.55. The molecule has 2 N–H and O–H groups in total. The summed E-state index contributed by atoms with van der Waals surface area (Å²) in [6, 6.07) is 4.09. The molecule has 0 radical (unpaired) electrons. The molecule has 0 bridgehead atoms. The highest BCUT2D eigenvalue weighted by Crippen LogP contribution is 2.56. The summed E-state index contributed by atoms with van der Waals surface area (Å²) in [6.45, 7) is 8.24. The van der Waals surface area contributed by atoms with E-state index in [4.69, 9.17) is 0 Å². The Morgan fingerprint density at radius 1 is 1.26 bits per heavy atom. The number of Topliss-reactive ketones (excluding diaryl/α,β-unsaturated/α-hetero) is 1. The zero-order chi connectivity index (χ0) is 17.0. The van der Waals surface area contributed by atoms with Crippen molar-refractivity contribution >= 4 is 5.78 Å². The summed E-state index contributed by atoms with van der Waals surface area (Å²) in [5.74, 6) is 0.983. The number of phenols is 1. The van der Waals surface area contributed by atoms with E-state index in [2.05, 4.69) is 26.8 Å². The van der Waals surface area contributed by atoms with E-state index in [9.17, 15) is 15.0 Å². The first-order valence-corrected chi connectivity index (χ1v) is 8.74. The van der Waals surface area contributed by atoms with Gasteiger partial charge in [0.05, 0.1) is 12.0 Å². The van der Waals surface area contributed by atoms with Crippen LogP contribution in [0.4, 0.5) is 0 Å². The molecule has 23 heavy (non-hydrogen) atoms. The molecule has 2 aliphatic carbocycles. The number of carbonyl (C=O) groups excluding carboxylic acids is 1. The SMILES string of the molecule is CC(C)c1cc2c(cc1O)C1(C)CCC(=O)C(C)(CO)C1CC2. The highest BCUT2D eigenvalue weighted by Gasteiger charge is 2.55. The van der Waals surface area contributed by atoms with Crippen molar-refractivity contribution in [1.82, 2.24) is 0 Å². The number of ketones is 1. The Hall–Kier alpha value is -1.35. The number of aliphatic hydroxyl groups excluding tert-OH is 1. The van der Waals surface area contributed by atoms with Gasteiger partial charge in [0.25, 0.3) is 0 Å². The van der Waals surface area contributed by atoms with Crippen molar-refractivity contribution in [2.45, 2.75) is 64.7 Å². The minimum absolute atomic E-state index is 0.0858. The lowest BCUT2D eigenvalue weighted by molar-refractivity contribution is -0.142. The summed E-state index contributed by atoms with van der Waals surface area (Å²) in [7, 11) is 0. The minimum atomic E-state index is -0.656. The molecule has 1 aromatic rings. The molecule has 3 atom stereocenters. The Balaban J connectivity index is 2.13. The Bertz CT molecular complexity index is 649. The number of fused-ring (bicyclic) bond motifs is 3. The molecule has 3 nitrogen and oxygen atoms in total. The topological polar surface area (TPSA) is 57.5 Å². The molecule has 2 aliphatic rings. The first kappa shape index (κ1) is 16.5. The first-order valence-electron chi connectivity index (χ1n) is 8.74. The second-order valence-corrected chi connectivity index (χ2v) is 8.23. The Morgan fingerprint density at radius 2 is 1.96 bits per heavy atom. The minimum Gasteiger partial charge on any atom is -0.508 e. The van der Waals surface area contributed by atoms with Crippen molar-refractivity contribution in [2.75, 3.05) is 6.61 Å². The Kier molecular flexibility index (Phi) is 3.83. The van der Waals surface area contributed by atoms with Gasteiger partial charge in [-0.2, -0.15) is 0 Å². The van der Waals surface area contributed by atoms with Crippen LogP contribution in [0.1, 0.15) is 69.6 Å². The lowest BCUT2D eigenvalue weighted by Gasteiger charge is -2.54. The molecule has 0 aliphatic heterocycles. The van der Waals surface area contributed by atoms with Crippen LogP contribution >= 0.6 is 0 Å². The highest BCUT2D eigenvalue weighted by molar-refractivity contribution is 5.86. The molecular formula is C20H28O3. The van der Waals surface area contributed by atoms with Gasteiger partial charge in [-0.3, -0.25) is 4.79 Å². The average molecular weight is 316 g/mol. The molecule has 0 heterocycles. The van der Waals surface area contributed by atoms with E-state index < -0.39 is 5.41 Å². The predicted octanol–water partition coefficient (Wildman–Crippen LogP) is 3.70. The fraction of sp³-hybridized carbons (Fsp3) is 0.650. The quantitative estimate of drug-likeness (QED) is 0.874. The standard InChI is InChI=1S/C20H28O3/c1-12(2)14-9-13-5-6-17-19(3,15(13)10-16(14)22)8-7-18(23)20(17,4)11-21/h9-10,12,17,21-22H,5-8,11H2,1-4H3. The lowest BCUT2D eigenvalue weighted by atomic mass is 9.49. The molecule has 0 saturated heterocycles. The van der Waals surface area contributed by atoms with E-state index in [1.54, 1.807) is 0 Å². The maximum Gasteiger partial charge on any atom is 0.141 e. The molecule has 3 heteroatoms. The monoisotopic (exact) mass is 316 g/mol. The van der Waals surface area contributed by atoms with Crippen molar-refractivity contribution in [3.05, 3.63) is 28.8 Å². The molecule has 0 amide bonds. The molecule has 1 fully saturated rings. The smallest absolute Gasteiger partial charge is 0.141 e. The number of aliphatic hydroxyl groups is 1. The van der Waals surface area contributed by atoms with E-state index in [1.165, 1.54) is 11.1 Å². The van der Waals surface area contributed by atoms with Crippen LogP contribution in [0.3, 0.4) is 0 Å². The third-order valence-electron chi connectivity index (χ3n) is 6.57. The van der Waals surface area contributed by atoms with Crippen LogP contribution in [0, 0.1) is 11.3 Å². The summed E-state index contributed by atoms with van der Waals surface area (Å²) < 4.78 is 0.